The van der Waals surface area contributed by atoms with Crippen molar-refractivity contribution in [3.8, 4) is 5.75 Å². The molecule has 0 spiro atoms. The monoisotopic (exact) mass is 426 g/mol. The lowest BCUT2D eigenvalue weighted by Gasteiger charge is -2.28. The molecule has 0 bridgehead atoms. The van der Waals surface area contributed by atoms with E-state index in [9.17, 15) is 0 Å². The minimum atomic E-state index is -0.0786. The number of ether oxygens (including phenoxy) is 1. The Bertz CT molecular complexity index is 1070. The highest BCUT2D eigenvalue weighted by molar-refractivity contribution is 7.80. The third-order valence-corrected chi connectivity index (χ3v) is 6.25. The molecule has 2 unspecified atom stereocenters. The third-order valence-electron chi connectivity index (χ3n) is 5.64. The summed E-state index contributed by atoms with van der Waals surface area (Å²) < 4.78 is 7.52. The normalized spacial score (nSPS) is 18.8. The number of rotatable bonds is 4. The number of thiocarbonyl (C=S) groups is 1. The Morgan fingerprint density at radius 2 is 1.97 bits per heavy atom. The van der Waals surface area contributed by atoms with E-state index in [1.807, 2.05) is 42.6 Å². The fourth-order valence-corrected chi connectivity index (χ4v) is 4.54. The lowest BCUT2D eigenvalue weighted by Crippen LogP contribution is -2.29. The number of hydrogen-bond donors (Lipinski definition) is 1. The number of aryl methyl sites for hydroxylation is 1. The van der Waals surface area contributed by atoms with Gasteiger partial charge in [0.05, 0.1) is 29.9 Å². The molecule has 5 nitrogen and oxygen atoms in total. The minimum Gasteiger partial charge on any atom is -0.495 e. The first-order valence-electron chi connectivity index (χ1n) is 9.39. The van der Waals surface area contributed by atoms with Crippen LogP contribution in [-0.4, -0.2) is 21.8 Å². The van der Waals surface area contributed by atoms with Crippen LogP contribution in [0.5, 0.6) is 5.75 Å². The molecule has 1 N–H and O–H groups in total. The second kappa shape index (κ2) is 7.69. The first-order valence-corrected chi connectivity index (χ1v) is 10.2. The second-order valence-corrected chi connectivity index (χ2v) is 7.99. The van der Waals surface area contributed by atoms with Gasteiger partial charge in [0.1, 0.15) is 5.75 Å². The number of nitrogens with one attached hydrogen (secondary N) is 1. The Morgan fingerprint density at radius 1 is 1.17 bits per heavy atom. The summed E-state index contributed by atoms with van der Waals surface area (Å²) in [5, 5.41) is 4.68. The van der Waals surface area contributed by atoms with Gasteiger partial charge in [0, 0.05) is 30.3 Å². The van der Waals surface area contributed by atoms with E-state index in [1.54, 1.807) is 7.11 Å². The van der Waals surface area contributed by atoms with Crippen molar-refractivity contribution in [2.24, 2.45) is 7.05 Å². The molecule has 3 heterocycles. The van der Waals surface area contributed by atoms with Crippen molar-refractivity contribution in [2.75, 3.05) is 12.0 Å². The quantitative estimate of drug-likeness (QED) is 0.602. The lowest BCUT2D eigenvalue weighted by atomic mass is 9.96. The van der Waals surface area contributed by atoms with E-state index >= 15 is 0 Å². The molecule has 1 fully saturated rings. The number of methoxy groups -OCH3 is 1. The van der Waals surface area contributed by atoms with Gasteiger partial charge in [-0.15, -0.1) is 0 Å². The van der Waals surface area contributed by atoms with Gasteiger partial charge in [-0.05, 0) is 68.0 Å². The number of halogens is 1. The summed E-state index contributed by atoms with van der Waals surface area (Å²) in [4.78, 5) is 6.73. The molecule has 1 aromatic carbocycles. The van der Waals surface area contributed by atoms with Crippen LogP contribution in [0.3, 0.4) is 0 Å². The van der Waals surface area contributed by atoms with Crippen molar-refractivity contribution in [3.05, 3.63) is 76.3 Å². The number of pyridine rings is 1. The number of aromatic nitrogens is 2. The summed E-state index contributed by atoms with van der Waals surface area (Å²) in [7, 11) is 3.69. The predicted molar refractivity (Wildman–Crippen MR) is 121 cm³/mol. The van der Waals surface area contributed by atoms with E-state index in [-0.39, 0.29) is 12.1 Å². The van der Waals surface area contributed by atoms with Gasteiger partial charge in [0.2, 0.25) is 0 Å². The average molecular weight is 427 g/mol. The molecule has 3 aromatic rings. The maximum atomic E-state index is 6.43. The third kappa shape index (κ3) is 3.36. The minimum absolute atomic E-state index is 0.0539. The van der Waals surface area contributed by atoms with Gasteiger partial charge in [-0.2, -0.15) is 0 Å². The van der Waals surface area contributed by atoms with E-state index in [1.165, 1.54) is 17.0 Å². The Kier molecular flexibility index (Phi) is 5.23. The molecule has 150 valence electrons. The van der Waals surface area contributed by atoms with Crippen molar-refractivity contribution in [2.45, 2.75) is 25.9 Å². The van der Waals surface area contributed by atoms with Crippen LogP contribution < -0.4 is 15.0 Å². The highest BCUT2D eigenvalue weighted by Gasteiger charge is 2.42. The molecule has 0 aliphatic carbocycles. The zero-order valence-electron chi connectivity index (χ0n) is 16.8. The highest BCUT2D eigenvalue weighted by atomic mass is 35.5. The van der Waals surface area contributed by atoms with Crippen LogP contribution in [0.2, 0.25) is 5.02 Å². The van der Waals surface area contributed by atoms with Crippen LogP contribution in [-0.2, 0) is 7.05 Å². The van der Waals surface area contributed by atoms with Crippen LogP contribution >= 0.6 is 23.8 Å². The molecule has 0 saturated carbocycles. The molecule has 1 aliphatic heterocycles. The Balaban J connectivity index is 1.87. The van der Waals surface area contributed by atoms with Crippen LogP contribution in [0.1, 0.15) is 34.7 Å². The topological polar surface area (TPSA) is 42.3 Å². The molecular weight excluding hydrogens is 404 g/mol. The summed E-state index contributed by atoms with van der Waals surface area (Å²) in [6, 6.07) is 13.8. The van der Waals surface area contributed by atoms with Crippen molar-refractivity contribution in [3.63, 3.8) is 0 Å². The summed E-state index contributed by atoms with van der Waals surface area (Å²) in [5.74, 6) is 0.637. The molecular formula is C22H23ClN4OS. The largest absolute Gasteiger partial charge is 0.495 e. The first-order chi connectivity index (χ1) is 13.9. The molecule has 29 heavy (non-hydrogen) atoms. The SMILES string of the molecule is COc1ccc(N2C(=S)NC(c3ccccn3)C2c2cc(C)n(C)c2C)cc1Cl. The lowest BCUT2D eigenvalue weighted by molar-refractivity contribution is 0.415. The zero-order valence-corrected chi connectivity index (χ0v) is 18.4. The van der Waals surface area contributed by atoms with Gasteiger partial charge in [0.15, 0.2) is 5.11 Å². The number of hydrogen-bond acceptors (Lipinski definition) is 3. The van der Waals surface area contributed by atoms with Crippen LogP contribution in [0, 0.1) is 13.8 Å². The zero-order chi connectivity index (χ0) is 20.7. The highest BCUT2D eigenvalue weighted by Crippen LogP contribution is 2.44. The molecule has 7 heteroatoms. The Labute approximate surface area is 181 Å². The molecule has 1 saturated heterocycles. The summed E-state index contributed by atoms with van der Waals surface area (Å²) >= 11 is 12.2. The molecule has 4 rings (SSSR count). The first kappa shape index (κ1) is 19.7. The maximum absolute atomic E-state index is 6.43. The van der Waals surface area contributed by atoms with E-state index in [4.69, 9.17) is 28.6 Å². The second-order valence-electron chi connectivity index (χ2n) is 7.20. The van der Waals surface area contributed by atoms with Gasteiger partial charge in [-0.1, -0.05) is 17.7 Å². The summed E-state index contributed by atoms with van der Waals surface area (Å²) in [5.41, 5.74) is 5.47. The van der Waals surface area contributed by atoms with Crippen LogP contribution in [0.15, 0.2) is 48.7 Å². The number of anilines is 1. The maximum Gasteiger partial charge on any atom is 0.174 e. The van der Waals surface area contributed by atoms with E-state index in [2.05, 4.69) is 46.7 Å². The van der Waals surface area contributed by atoms with Crippen LogP contribution in [0.25, 0.3) is 0 Å². The van der Waals surface area contributed by atoms with Gasteiger partial charge in [-0.3, -0.25) is 4.98 Å². The fourth-order valence-electron chi connectivity index (χ4n) is 3.94. The Morgan fingerprint density at radius 3 is 2.55 bits per heavy atom. The standard InChI is InChI=1S/C22H23ClN4OS/c1-13-11-16(14(2)26(13)3)21-20(18-7-5-6-10-24-18)25-22(29)27(21)15-8-9-19(28-4)17(23)12-15/h5-12,20-21H,1-4H3,(H,25,29). The summed E-state index contributed by atoms with van der Waals surface area (Å²) in [6.45, 7) is 4.25. The molecule has 2 aromatic heterocycles. The fraction of sp³-hybridized carbons (Fsp3) is 0.273. The number of benzene rings is 1. The van der Waals surface area contributed by atoms with Gasteiger partial charge < -0.3 is 19.5 Å². The Hall–Kier alpha value is -2.57. The predicted octanol–water partition coefficient (Wildman–Crippen LogP) is 4.88. The average Bonchev–Trinajstić information content (AvgIpc) is 3.19. The van der Waals surface area contributed by atoms with Crippen molar-refractivity contribution in [1.82, 2.24) is 14.9 Å². The molecule has 0 amide bonds. The molecule has 1 aliphatic rings. The van der Waals surface area contributed by atoms with Crippen molar-refractivity contribution in [1.29, 1.82) is 0 Å². The van der Waals surface area contributed by atoms with Crippen molar-refractivity contribution >= 4 is 34.6 Å². The van der Waals surface area contributed by atoms with Gasteiger partial charge >= 0.3 is 0 Å². The van der Waals surface area contributed by atoms with Crippen LogP contribution in [0.4, 0.5) is 5.69 Å². The van der Waals surface area contributed by atoms with Gasteiger partial charge in [0.25, 0.3) is 0 Å². The van der Waals surface area contributed by atoms with E-state index in [0.29, 0.717) is 15.9 Å². The van der Waals surface area contributed by atoms with Crippen molar-refractivity contribution < 1.29 is 4.74 Å². The van der Waals surface area contributed by atoms with Gasteiger partial charge in [-0.25, -0.2) is 0 Å². The molecule has 2 atom stereocenters. The summed E-state index contributed by atoms with van der Waals surface area (Å²) in [6.07, 6.45) is 1.81. The van der Waals surface area contributed by atoms with E-state index in [0.717, 1.165) is 11.4 Å². The number of nitrogens with zero attached hydrogens (tertiary/aromatic N) is 3. The smallest absolute Gasteiger partial charge is 0.174 e. The molecule has 0 radical (unpaired) electrons. The van der Waals surface area contributed by atoms with E-state index < -0.39 is 0 Å².